The monoisotopic (exact) mass is 274 g/mol. The molecular weight excluding hydrogens is 260 g/mol. The number of hydrogen-bond acceptors (Lipinski definition) is 6. The molecule has 2 aromatic rings. The van der Waals surface area contributed by atoms with Gasteiger partial charge in [0.2, 0.25) is 5.89 Å². The Morgan fingerprint density at radius 2 is 2.30 bits per heavy atom. The van der Waals surface area contributed by atoms with E-state index in [1.54, 1.807) is 13.0 Å². The predicted molar refractivity (Wildman–Crippen MR) is 69.6 cm³/mol. The summed E-state index contributed by atoms with van der Waals surface area (Å²) in [4.78, 5) is 19.8. The van der Waals surface area contributed by atoms with Crippen LogP contribution in [0.5, 0.6) is 0 Å². The van der Waals surface area contributed by atoms with Crippen molar-refractivity contribution >= 4 is 11.8 Å². The third kappa shape index (κ3) is 2.34. The van der Waals surface area contributed by atoms with E-state index in [9.17, 15) is 9.90 Å². The summed E-state index contributed by atoms with van der Waals surface area (Å²) in [6.07, 6.45) is 2.81. The van der Waals surface area contributed by atoms with Gasteiger partial charge >= 0.3 is 5.97 Å². The van der Waals surface area contributed by atoms with Gasteiger partial charge in [-0.2, -0.15) is 4.98 Å². The number of carboxylic acid groups (broad SMARTS) is 1. The molecule has 104 valence electrons. The molecule has 7 nitrogen and oxygen atoms in total. The van der Waals surface area contributed by atoms with Crippen molar-refractivity contribution in [3.8, 4) is 0 Å². The molecule has 0 fully saturated rings. The van der Waals surface area contributed by atoms with Crippen molar-refractivity contribution < 1.29 is 14.4 Å². The van der Waals surface area contributed by atoms with E-state index >= 15 is 0 Å². The number of hydrogen-bond donors (Lipinski definition) is 2. The second-order valence-corrected chi connectivity index (χ2v) is 4.74. The standard InChI is InChI=1S/C13H14N4O3/c1-7-15-11(20-17-7)6-14-12-9(13(18)19)5-8-3-2-4-10(8)16-12/h5H,2-4,6H2,1H3,(H,14,16)(H,18,19). The van der Waals surface area contributed by atoms with Crippen LogP contribution in [0.2, 0.25) is 0 Å². The van der Waals surface area contributed by atoms with E-state index in [0.29, 0.717) is 17.5 Å². The highest BCUT2D eigenvalue weighted by Gasteiger charge is 2.20. The lowest BCUT2D eigenvalue weighted by atomic mass is 10.1. The van der Waals surface area contributed by atoms with Crippen molar-refractivity contribution in [3.63, 3.8) is 0 Å². The number of pyridine rings is 1. The summed E-state index contributed by atoms with van der Waals surface area (Å²) in [5, 5.41) is 15.9. The lowest BCUT2D eigenvalue weighted by molar-refractivity contribution is 0.0697. The fourth-order valence-corrected chi connectivity index (χ4v) is 2.34. The first-order chi connectivity index (χ1) is 9.63. The van der Waals surface area contributed by atoms with Gasteiger partial charge in [-0.3, -0.25) is 0 Å². The van der Waals surface area contributed by atoms with Crippen LogP contribution in [0.1, 0.15) is 39.8 Å². The Hall–Kier alpha value is -2.44. The highest BCUT2D eigenvalue weighted by atomic mass is 16.5. The fourth-order valence-electron chi connectivity index (χ4n) is 2.34. The smallest absolute Gasteiger partial charge is 0.339 e. The Kier molecular flexibility index (Phi) is 3.09. The molecule has 0 radical (unpaired) electrons. The third-order valence-electron chi connectivity index (χ3n) is 3.26. The Morgan fingerprint density at radius 1 is 1.45 bits per heavy atom. The van der Waals surface area contributed by atoms with E-state index in [-0.39, 0.29) is 12.1 Å². The van der Waals surface area contributed by atoms with Gasteiger partial charge in [0.1, 0.15) is 11.4 Å². The van der Waals surface area contributed by atoms with E-state index in [2.05, 4.69) is 20.4 Å². The quantitative estimate of drug-likeness (QED) is 0.872. The van der Waals surface area contributed by atoms with Gasteiger partial charge in [0.25, 0.3) is 0 Å². The number of nitrogens with one attached hydrogen (secondary N) is 1. The molecule has 0 spiro atoms. The molecule has 0 atom stereocenters. The van der Waals surface area contributed by atoms with Gasteiger partial charge < -0.3 is 14.9 Å². The Bertz CT molecular complexity index is 666. The summed E-state index contributed by atoms with van der Waals surface area (Å²) in [7, 11) is 0. The lowest BCUT2D eigenvalue weighted by Crippen LogP contribution is -2.10. The van der Waals surface area contributed by atoms with Crippen LogP contribution < -0.4 is 5.32 Å². The zero-order valence-electron chi connectivity index (χ0n) is 11.0. The summed E-state index contributed by atoms with van der Waals surface area (Å²) < 4.78 is 4.98. The van der Waals surface area contributed by atoms with Gasteiger partial charge in [0.05, 0.1) is 6.54 Å². The maximum absolute atomic E-state index is 11.3. The number of carboxylic acids is 1. The molecule has 0 saturated carbocycles. The molecule has 1 aliphatic rings. The Morgan fingerprint density at radius 3 is 3.00 bits per heavy atom. The van der Waals surface area contributed by atoms with Gasteiger partial charge in [0.15, 0.2) is 5.82 Å². The molecule has 2 aromatic heterocycles. The van der Waals surface area contributed by atoms with Gasteiger partial charge in [-0.15, -0.1) is 0 Å². The summed E-state index contributed by atoms with van der Waals surface area (Å²) >= 11 is 0. The van der Waals surface area contributed by atoms with Crippen LogP contribution in [0.3, 0.4) is 0 Å². The average Bonchev–Trinajstić information content (AvgIpc) is 3.03. The number of aromatic carboxylic acids is 1. The molecule has 0 bridgehead atoms. The zero-order valence-corrected chi connectivity index (χ0v) is 11.0. The van der Waals surface area contributed by atoms with E-state index in [1.165, 1.54) is 0 Å². The first kappa shape index (κ1) is 12.6. The average molecular weight is 274 g/mol. The molecule has 0 aromatic carbocycles. The molecule has 1 aliphatic carbocycles. The molecule has 7 heteroatoms. The number of fused-ring (bicyclic) bond motifs is 1. The van der Waals surface area contributed by atoms with Gasteiger partial charge in [-0.25, -0.2) is 9.78 Å². The number of nitrogens with zero attached hydrogens (tertiary/aromatic N) is 3. The zero-order chi connectivity index (χ0) is 14.1. The molecule has 0 saturated heterocycles. The summed E-state index contributed by atoms with van der Waals surface area (Å²) in [5.41, 5.74) is 2.18. The topological polar surface area (TPSA) is 101 Å². The molecular formula is C13H14N4O3. The second kappa shape index (κ2) is 4.92. The van der Waals surface area contributed by atoms with Crippen molar-refractivity contribution in [1.29, 1.82) is 0 Å². The van der Waals surface area contributed by atoms with Crippen LogP contribution in [0.4, 0.5) is 5.82 Å². The molecule has 3 rings (SSSR count). The number of anilines is 1. The van der Waals surface area contributed by atoms with Crippen molar-refractivity contribution in [2.75, 3.05) is 5.32 Å². The summed E-state index contributed by atoms with van der Waals surface area (Å²) in [6.45, 7) is 1.98. The number of aromatic nitrogens is 3. The van der Waals surface area contributed by atoms with Crippen molar-refractivity contribution in [3.05, 3.63) is 34.6 Å². The van der Waals surface area contributed by atoms with Crippen LogP contribution in [-0.4, -0.2) is 26.2 Å². The summed E-state index contributed by atoms with van der Waals surface area (Å²) in [6, 6.07) is 1.71. The van der Waals surface area contributed by atoms with E-state index in [0.717, 1.165) is 30.5 Å². The minimum absolute atomic E-state index is 0.182. The molecule has 0 amide bonds. The molecule has 0 aliphatic heterocycles. The van der Waals surface area contributed by atoms with E-state index < -0.39 is 5.97 Å². The van der Waals surface area contributed by atoms with Gasteiger partial charge in [-0.05, 0) is 37.8 Å². The first-order valence-corrected chi connectivity index (χ1v) is 6.42. The SMILES string of the molecule is Cc1noc(CNc2nc3c(cc2C(=O)O)CCC3)n1. The molecule has 2 N–H and O–H groups in total. The van der Waals surface area contributed by atoms with E-state index in [1.807, 2.05) is 0 Å². The predicted octanol–water partition coefficient (Wildman–Crippen LogP) is 1.57. The molecule has 0 unspecified atom stereocenters. The van der Waals surface area contributed by atoms with Gasteiger partial charge in [-0.1, -0.05) is 5.16 Å². The largest absolute Gasteiger partial charge is 0.478 e. The second-order valence-electron chi connectivity index (χ2n) is 4.74. The number of carbonyl (C=O) groups is 1. The highest BCUT2D eigenvalue weighted by molar-refractivity contribution is 5.93. The van der Waals surface area contributed by atoms with Crippen LogP contribution in [0.15, 0.2) is 10.6 Å². The van der Waals surface area contributed by atoms with E-state index in [4.69, 9.17) is 4.52 Å². The lowest BCUT2D eigenvalue weighted by Gasteiger charge is -2.09. The van der Waals surface area contributed by atoms with Gasteiger partial charge in [0, 0.05) is 5.69 Å². The van der Waals surface area contributed by atoms with Crippen LogP contribution in [0, 0.1) is 6.92 Å². The minimum Gasteiger partial charge on any atom is -0.478 e. The minimum atomic E-state index is -0.989. The number of rotatable bonds is 4. The Labute approximate surface area is 115 Å². The highest BCUT2D eigenvalue weighted by Crippen LogP contribution is 2.25. The van der Waals surface area contributed by atoms with Crippen LogP contribution >= 0.6 is 0 Å². The Balaban J connectivity index is 1.86. The first-order valence-electron chi connectivity index (χ1n) is 6.42. The maximum atomic E-state index is 11.3. The molecule has 2 heterocycles. The normalized spacial score (nSPS) is 13.2. The fraction of sp³-hybridized carbons (Fsp3) is 0.385. The third-order valence-corrected chi connectivity index (χ3v) is 3.26. The van der Waals surface area contributed by atoms with Crippen LogP contribution in [-0.2, 0) is 19.4 Å². The maximum Gasteiger partial charge on any atom is 0.339 e. The van der Waals surface area contributed by atoms with Crippen molar-refractivity contribution in [2.24, 2.45) is 0 Å². The van der Waals surface area contributed by atoms with Crippen molar-refractivity contribution in [1.82, 2.24) is 15.1 Å². The van der Waals surface area contributed by atoms with Crippen molar-refractivity contribution in [2.45, 2.75) is 32.7 Å². The van der Waals surface area contributed by atoms with Crippen LogP contribution in [0.25, 0.3) is 0 Å². The number of aryl methyl sites for hydroxylation is 3. The summed E-state index contributed by atoms with van der Waals surface area (Å²) in [5.74, 6) is 0.314. The molecule has 20 heavy (non-hydrogen) atoms.